The standard InChI is InChI=1S/C32H45ClN4O2/c1-25-13-21-36(22-14-25)17-5-23-38-30-8-3-7-29-32(30)34-31(24-39-28-11-9-27(33)10-12-28)37(29)18-4-6-26-15-19-35(2)20-16-26/h3,7-12,25-26H,4-6,13-24H2,1-2H3. The lowest BCUT2D eigenvalue weighted by Crippen LogP contribution is -2.34. The van der Waals surface area contributed by atoms with Crippen LogP contribution in [-0.2, 0) is 13.2 Å². The predicted octanol–water partition coefficient (Wildman–Crippen LogP) is 6.89. The van der Waals surface area contributed by atoms with Crippen LogP contribution >= 0.6 is 11.6 Å². The molecule has 2 aliphatic heterocycles. The lowest BCUT2D eigenvalue weighted by atomic mass is 9.92. The number of fused-ring (bicyclic) bond motifs is 1. The Morgan fingerprint density at radius 3 is 2.44 bits per heavy atom. The summed E-state index contributed by atoms with van der Waals surface area (Å²) in [6.45, 7) is 10.4. The fourth-order valence-corrected chi connectivity index (χ4v) is 6.10. The molecule has 2 aliphatic rings. The van der Waals surface area contributed by atoms with Crippen molar-refractivity contribution in [1.29, 1.82) is 0 Å². The van der Waals surface area contributed by atoms with Crippen LogP contribution < -0.4 is 9.47 Å². The molecule has 0 unspecified atom stereocenters. The van der Waals surface area contributed by atoms with E-state index in [1.165, 1.54) is 58.3 Å². The maximum Gasteiger partial charge on any atom is 0.148 e. The van der Waals surface area contributed by atoms with Crippen LogP contribution in [0.4, 0.5) is 0 Å². The van der Waals surface area contributed by atoms with Crippen LogP contribution in [0.3, 0.4) is 0 Å². The number of hydrogen-bond acceptors (Lipinski definition) is 5. The summed E-state index contributed by atoms with van der Waals surface area (Å²) >= 11 is 6.06. The van der Waals surface area contributed by atoms with Crippen LogP contribution in [-0.4, -0.2) is 65.7 Å². The normalized spacial score (nSPS) is 18.1. The molecule has 0 N–H and O–H groups in total. The first-order valence-corrected chi connectivity index (χ1v) is 15.3. The van der Waals surface area contributed by atoms with Gasteiger partial charge in [0, 0.05) is 18.1 Å². The molecule has 6 nitrogen and oxygen atoms in total. The number of aromatic nitrogens is 2. The topological polar surface area (TPSA) is 42.8 Å². The van der Waals surface area contributed by atoms with Crippen molar-refractivity contribution in [1.82, 2.24) is 19.4 Å². The molecule has 0 atom stereocenters. The highest BCUT2D eigenvalue weighted by Crippen LogP contribution is 2.29. The van der Waals surface area contributed by atoms with Crippen LogP contribution in [0.15, 0.2) is 42.5 Å². The number of benzene rings is 2. The van der Waals surface area contributed by atoms with Crippen LogP contribution in [0.5, 0.6) is 11.5 Å². The number of ether oxygens (including phenoxy) is 2. The highest BCUT2D eigenvalue weighted by atomic mass is 35.5. The van der Waals surface area contributed by atoms with E-state index in [2.05, 4.69) is 46.5 Å². The maximum absolute atomic E-state index is 6.32. The lowest BCUT2D eigenvalue weighted by Gasteiger charge is -2.30. The molecule has 7 heteroatoms. The molecular weight excluding hydrogens is 508 g/mol. The Morgan fingerprint density at radius 1 is 0.897 bits per heavy atom. The van der Waals surface area contributed by atoms with Gasteiger partial charge in [-0.2, -0.15) is 0 Å². The summed E-state index contributed by atoms with van der Waals surface area (Å²) in [7, 11) is 2.23. The van der Waals surface area contributed by atoms with E-state index in [4.69, 9.17) is 26.1 Å². The Balaban J connectivity index is 1.25. The number of halogens is 1. The third kappa shape index (κ3) is 7.90. The van der Waals surface area contributed by atoms with Crippen molar-refractivity contribution in [2.75, 3.05) is 46.4 Å². The van der Waals surface area contributed by atoms with E-state index < -0.39 is 0 Å². The number of nitrogens with zero attached hydrogens (tertiary/aromatic N) is 4. The number of imidazole rings is 1. The summed E-state index contributed by atoms with van der Waals surface area (Å²) < 4.78 is 14.8. The zero-order valence-corrected chi connectivity index (χ0v) is 24.5. The number of aryl methyl sites for hydroxylation is 1. The molecule has 2 fully saturated rings. The summed E-state index contributed by atoms with van der Waals surface area (Å²) in [5.74, 6) is 4.32. The largest absolute Gasteiger partial charge is 0.491 e. The fourth-order valence-electron chi connectivity index (χ4n) is 5.97. The number of piperidine rings is 2. The monoisotopic (exact) mass is 552 g/mol. The molecule has 3 heterocycles. The van der Waals surface area contributed by atoms with E-state index >= 15 is 0 Å². The van der Waals surface area contributed by atoms with E-state index in [-0.39, 0.29) is 0 Å². The third-order valence-electron chi connectivity index (χ3n) is 8.59. The van der Waals surface area contributed by atoms with Crippen molar-refractivity contribution in [3.8, 4) is 11.5 Å². The SMILES string of the molecule is CC1CCN(CCCOc2cccc3c2nc(COc2ccc(Cl)cc2)n3CCCC2CCN(C)CC2)CC1. The van der Waals surface area contributed by atoms with Crippen LogP contribution in [0.1, 0.15) is 57.7 Å². The average molecular weight is 553 g/mol. The first-order chi connectivity index (χ1) is 19.0. The summed E-state index contributed by atoms with van der Waals surface area (Å²) in [4.78, 5) is 10.1. The van der Waals surface area contributed by atoms with Crippen molar-refractivity contribution >= 4 is 22.6 Å². The molecule has 1 aromatic heterocycles. The van der Waals surface area contributed by atoms with Crippen molar-refractivity contribution in [2.45, 2.75) is 65.0 Å². The quantitative estimate of drug-likeness (QED) is 0.229. The summed E-state index contributed by atoms with van der Waals surface area (Å²) in [6, 6.07) is 13.9. The van der Waals surface area contributed by atoms with Crippen molar-refractivity contribution in [3.63, 3.8) is 0 Å². The first-order valence-electron chi connectivity index (χ1n) is 15.0. The van der Waals surface area contributed by atoms with Gasteiger partial charge >= 0.3 is 0 Å². The van der Waals surface area contributed by atoms with Gasteiger partial charge in [-0.05, 0) is 126 Å². The van der Waals surface area contributed by atoms with E-state index in [0.717, 1.165) is 66.1 Å². The highest BCUT2D eigenvalue weighted by Gasteiger charge is 2.19. The van der Waals surface area contributed by atoms with Gasteiger partial charge < -0.3 is 23.8 Å². The van der Waals surface area contributed by atoms with Gasteiger partial charge in [0.15, 0.2) is 0 Å². The minimum Gasteiger partial charge on any atom is -0.491 e. The van der Waals surface area contributed by atoms with Gasteiger partial charge in [0.25, 0.3) is 0 Å². The second-order valence-electron chi connectivity index (χ2n) is 11.7. The van der Waals surface area contributed by atoms with E-state index in [9.17, 15) is 0 Å². The molecular formula is C32H45ClN4O2. The smallest absolute Gasteiger partial charge is 0.148 e. The van der Waals surface area contributed by atoms with Gasteiger partial charge in [-0.1, -0.05) is 24.6 Å². The van der Waals surface area contributed by atoms with Crippen molar-refractivity contribution in [3.05, 3.63) is 53.3 Å². The van der Waals surface area contributed by atoms with Crippen molar-refractivity contribution < 1.29 is 9.47 Å². The van der Waals surface area contributed by atoms with Crippen LogP contribution in [0.25, 0.3) is 11.0 Å². The molecule has 212 valence electrons. The minimum absolute atomic E-state index is 0.414. The van der Waals surface area contributed by atoms with Crippen LogP contribution in [0, 0.1) is 11.8 Å². The molecule has 0 aliphatic carbocycles. The highest BCUT2D eigenvalue weighted by molar-refractivity contribution is 6.30. The molecule has 0 amide bonds. The maximum atomic E-state index is 6.32. The molecule has 0 saturated carbocycles. The average Bonchev–Trinajstić information content (AvgIpc) is 3.31. The second-order valence-corrected chi connectivity index (χ2v) is 12.1. The molecule has 3 aromatic rings. The first kappa shape index (κ1) is 28.3. The number of para-hydroxylation sites is 1. The van der Waals surface area contributed by atoms with E-state index in [0.29, 0.717) is 18.2 Å². The molecule has 0 radical (unpaired) electrons. The van der Waals surface area contributed by atoms with Gasteiger partial charge in [0.1, 0.15) is 29.4 Å². The van der Waals surface area contributed by atoms with Gasteiger partial charge in [-0.15, -0.1) is 0 Å². The molecule has 0 spiro atoms. The Kier molecular flexibility index (Phi) is 10.0. The third-order valence-corrected chi connectivity index (χ3v) is 8.84. The number of hydrogen-bond donors (Lipinski definition) is 0. The number of likely N-dealkylation sites (tertiary alicyclic amines) is 2. The zero-order chi connectivity index (χ0) is 27.0. The van der Waals surface area contributed by atoms with Gasteiger partial charge in [-0.3, -0.25) is 0 Å². The Labute approximate surface area is 239 Å². The molecule has 5 rings (SSSR count). The van der Waals surface area contributed by atoms with Crippen LogP contribution in [0.2, 0.25) is 5.02 Å². The van der Waals surface area contributed by atoms with E-state index in [1.807, 2.05) is 24.3 Å². The molecule has 39 heavy (non-hydrogen) atoms. The zero-order valence-electron chi connectivity index (χ0n) is 23.8. The Morgan fingerprint density at radius 2 is 1.67 bits per heavy atom. The summed E-state index contributed by atoms with van der Waals surface area (Å²) in [5.41, 5.74) is 2.08. The molecule has 2 saturated heterocycles. The number of rotatable bonds is 12. The van der Waals surface area contributed by atoms with Gasteiger partial charge in [0.2, 0.25) is 0 Å². The Bertz CT molecular complexity index is 1160. The predicted molar refractivity (Wildman–Crippen MR) is 160 cm³/mol. The van der Waals surface area contributed by atoms with Gasteiger partial charge in [-0.25, -0.2) is 4.98 Å². The lowest BCUT2D eigenvalue weighted by molar-refractivity contribution is 0.178. The summed E-state index contributed by atoms with van der Waals surface area (Å²) in [6.07, 6.45) is 8.69. The summed E-state index contributed by atoms with van der Waals surface area (Å²) in [5, 5.41) is 0.708. The molecule has 2 aromatic carbocycles. The van der Waals surface area contributed by atoms with Gasteiger partial charge in [0.05, 0.1) is 12.1 Å². The molecule has 0 bridgehead atoms. The van der Waals surface area contributed by atoms with E-state index in [1.54, 1.807) is 0 Å². The Hall–Kier alpha value is -2.28. The van der Waals surface area contributed by atoms with Crippen molar-refractivity contribution in [2.24, 2.45) is 11.8 Å². The minimum atomic E-state index is 0.414. The second kappa shape index (κ2) is 13.9. The fraction of sp³-hybridized carbons (Fsp3) is 0.594.